The fourth-order valence-electron chi connectivity index (χ4n) is 6.78. The summed E-state index contributed by atoms with van der Waals surface area (Å²) in [6, 6.07) is 8.94. The van der Waals surface area contributed by atoms with Crippen LogP contribution in [0.3, 0.4) is 0 Å². The maximum Gasteiger partial charge on any atom is 0.339 e. The summed E-state index contributed by atoms with van der Waals surface area (Å²) < 4.78 is 58.3. The van der Waals surface area contributed by atoms with E-state index >= 15 is 0 Å². The van der Waals surface area contributed by atoms with Crippen molar-refractivity contribution >= 4 is 34.6 Å². The summed E-state index contributed by atoms with van der Waals surface area (Å²) in [7, 11) is 3.03. The van der Waals surface area contributed by atoms with Crippen molar-refractivity contribution < 1.29 is 66.5 Å². The molecule has 0 saturated carbocycles. The van der Waals surface area contributed by atoms with E-state index in [0.717, 1.165) is 0 Å². The molecule has 53 heavy (non-hydrogen) atoms. The molecule has 17 heteroatoms. The highest BCUT2D eigenvalue weighted by Gasteiger charge is 2.51. The Morgan fingerprint density at radius 1 is 0.830 bits per heavy atom. The number of nitrogens with zero attached hydrogens (tertiary/aromatic N) is 3. The molecular weight excluding hydrogens is 698 g/mol. The van der Waals surface area contributed by atoms with Gasteiger partial charge in [0, 0.05) is 37.3 Å². The third kappa shape index (κ3) is 6.59. The molecular formula is C36H35N3O14. The molecule has 1 fully saturated rings. The molecule has 3 aliphatic rings. The highest BCUT2D eigenvalue weighted by Crippen LogP contribution is 2.49. The first-order chi connectivity index (χ1) is 25.5. The Kier molecular flexibility index (Phi) is 9.42. The van der Waals surface area contributed by atoms with Gasteiger partial charge >= 0.3 is 23.9 Å². The lowest BCUT2D eigenvalue weighted by Gasteiger charge is -2.43. The van der Waals surface area contributed by atoms with Crippen molar-refractivity contribution in [2.45, 2.75) is 71.6 Å². The monoisotopic (exact) mass is 733 g/mol. The third-order valence-corrected chi connectivity index (χ3v) is 8.91. The minimum atomic E-state index is -1.27. The highest BCUT2D eigenvalue weighted by molar-refractivity contribution is 6.14. The molecule has 0 spiro atoms. The zero-order valence-corrected chi connectivity index (χ0v) is 29.5. The van der Waals surface area contributed by atoms with Crippen LogP contribution in [-0.4, -0.2) is 84.3 Å². The van der Waals surface area contributed by atoms with Crippen molar-refractivity contribution in [3.05, 3.63) is 53.3 Å². The summed E-state index contributed by atoms with van der Waals surface area (Å²) >= 11 is 0. The number of hydrogen-bond acceptors (Lipinski definition) is 16. The molecule has 3 aromatic carbocycles. The van der Waals surface area contributed by atoms with E-state index in [4.69, 9.17) is 47.4 Å². The number of aromatic nitrogens is 3. The predicted octanol–water partition coefficient (Wildman–Crippen LogP) is 3.81. The van der Waals surface area contributed by atoms with Crippen molar-refractivity contribution in [2.24, 2.45) is 0 Å². The Morgan fingerprint density at radius 3 is 2.19 bits per heavy atom. The maximum absolute atomic E-state index is 13.4. The molecule has 0 radical (unpaired) electrons. The van der Waals surface area contributed by atoms with Crippen molar-refractivity contribution in [3.8, 4) is 39.9 Å². The first-order valence-corrected chi connectivity index (χ1v) is 16.5. The fourth-order valence-corrected chi connectivity index (χ4v) is 6.78. The first kappa shape index (κ1) is 35.3. The SMILES string of the molecule is COc1cc2c(OCc3cn([C@H]4O[C@@H](C)[C@H](OC(C)=O)[C@@H](OC(C)=O)[C@H]4OC(C)=O)nn3)c3c(c(-c4ccc5c(c4)OCO5)c2cc1OC)C(=O)OC3. The molecule has 4 heterocycles. The Hall–Kier alpha value is -6.10. The standard InChI is InChI=1S/C36H35N3O14/c1-16-31(51-17(2)40)33(52-18(3)41)34(53-19(4)42)35(50-16)39-12-21(37-38-39)13-46-32-23-11-27(45-6)26(44-5)10-22(23)29(30-24(32)14-47-36(30)43)20-7-8-25-28(9-20)49-15-48-25/h7-12,16,31,33-35H,13-15H2,1-6H3/t16-,31-,33+,34+,35-/m0/s1. The van der Waals surface area contributed by atoms with Crippen LogP contribution < -0.4 is 23.7 Å². The topological polar surface area (TPSA) is 191 Å². The quantitative estimate of drug-likeness (QED) is 0.169. The van der Waals surface area contributed by atoms with Crippen LogP contribution in [0.4, 0.5) is 0 Å². The second-order valence-corrected chi connectivity index (χ2v) is 12.4. The van der Waals surface area contributed by atoms with Gasteiger partial charge in [-0.25, -0.2) is 9.48 Å². The molecule has 7 rings (SSSR count). The van der Waals surface area contributed by atoms with E-state index in [1.165, 1.54) is 45.9 Å². The molecule has 0 bridgehead atoms. The molecule has 0 N–H and O–H groups in total. The molecule has 1 aromatic heterocycles. The van der Waals surface area contributed by atoms with Crippen LogP contribution in [-0.2, 0) is 51.3 Å². The number of ether oxygens (including phenoxy) is 10. The highest BCUT2D eigenvalue weighted by atomic mass is 16.7. The lowest BCUT2D eigenvalue weighted by molar-refractivity contribution is -0.261. The van der Waals surface area contributed by atoms with E-state index < -0.39 is 54.5 Å². The second kappa shape index (κ2) is 14.1. The summed E-state index contributed by atoms with van der Waals surface area (Å²) in [6.07, 6.45) is -4.01. The summed E-state index contributed by atoms with van der Waals surface area (Å²) in [5.74, 6) is -0.249. The number of hydrogen-bond donors (Lipinski definition) is 0. The molecule has 278 valence electrons. The van der Waals surface area contributed by atoms with Gasteiger partial charge < -0.3 is 47.4 Å². The van der Waals surface area contributed by atoms with Gasteiger partial charge in [-0.3, -0.25) is 14.4 Å². The van der Waals surface area contributed by atoms with E-state index in [0.29, 0.717) is 67.5 Å². The number of carbonyl (C=O) groups excluding carboxylic acids is 4. The Morgan fingerprint density at radius 2 is 1.49 bits per heavy atom. The van der Waals surface area contributed by atoms with Gasteiger partial charge in [-0.05, 0) is 42.1 Å². The molecule has 4 aromatic rings. The van der Waals surface area contributed by atoms with Gasteiger partial charge in [-0.2, -0.15) is 0 Å². The van der Waals surface area contributed by atoms with Crippen LogP contribution in [0.5, 0.6) is 28.7 Å². The summed E-state index contributed by atoms with van der Waals surface area (Å²) in [5, 5.41) is 9.67. The lowest BCUT2D eigenvalue weighted by Crippen LogP contribution is -2.58. The second-order valence-electron chi connectivity index (χ2n) is 12.4. The van der Waals surface area contributed by atoms with Gasteiger partial charge in [0.05, 0.1) is 32.1 Å². The van der Waals surface area contributed by atoms with Crippen molar-refractivity contribution in [3.63, 3.8) is 0 Å². The van der Waals surface area contributed by atoms with Gasteiger partial charge in [0.1, 0.15) is 24.7 Å². The Balaban J connectivity index is 1.26. The van der Waals surface area contributed by atoms with E-state index in [2.05, 4.69) is 10.3 Å². The van der Waals surface area contributed by atoms with Gasteiger partial charge in [-0.1, -0.05) is 11.3 Å². The largest absolute Gasteiger partial charge is 0.493 e. The van der Waals surface area contributed by atoms with Crippen molar-refractivity contribution in [1.29, 1.82) is 0 Å². The number of rotatable bonds is 10. The molecule has 3 aliphatic heterocycles. The normalized spacial score (nSPS) is 21.4. The van der Waals surface area contributed by atoms with E-state index in [1.54, 1.807) is 31.2 Å². The van der Waals surface area contributed by atoms with Crippen LogP contribution in [0, 0.1) is 0 Å². The summed E-state index contributed by atoms with van der Waals surface area (Å²) in [4.78, 5) is 49.6. The van der Waals surface area contributed by atoms with Crippen LogP contribution in [0.1, 0.15) is 55.5 Å². The average Bonchev–Trinajstić information content (AvgIpc) is 3.88. The Bertz CT molecular complexity index is 2130. The number of cyclic esters (lactones) is 1. The molecule has 0 amide bonds. The van der Waals surface area contributed by atoms with Crippen LogP contribution in [0.25, 0.3) is 21.9 Å². The molecule has 5 atom stereocenters. The van der Waals surface area contributed by atoms with E-state index in [-0.39, 0.29) is 20.0 Å². The van der Waals surface area contributed by atoms with Crippen molar-refractivity contribution in [2.75, 3.05) is 21.0 Å². The van der Waals surface area contributed by atoms with Crippen LogP contribution in [0.2, 0.25) is 0 Å². The number of methoxy groups -OCH3 is 2. The van der Waals surface area contributed by atoms with Gasteiger partial charge in [0.25, 0.3) is 0 Å². The maximum atomic E-state index is 13.4. The van der Waals surface area contributed by atoms with Crippen LogP contribution in [0.15, 0.2) is 36.5 Å². The van der Waals surface area contributed by atoms with Gasteiger partial charge in [-0.15, -0.1) is 5.10 Å². The number of carbonyl (C=O) groups is 4. The smallest absolute Gasteiger partial charge is 0.339 e. The number of benzene rings is 3. The minimum Gasteiger partial charge on any atom is -0.493 e. The molecule has 17 nitrogen and oxygen atoms in total. The van der Waals surface area contributed by atoms with Gasteiger partial charge in [0.2, 0.25) is 6.79 Å². The molecule has 1 saturated heterocycles. The third-order valence-electron chi connectivity index (χ3n) is 8.91. The predicted molar refractivity (Wildman–Crippen MR) is 178 cm³/mol. The zero-order chi connectivity index (χ0) is 37.6. The molecule has 0 aliphatic carbocycles. The summed E-state index contributed by atoms with van der Waals surface area (Å²) in [5.41, 5.74) is 2.42. The first-order valence-electron chi connectivity index (χ1n) is 16.5. The van der Waals surface area contributed by atoms with Crippen molar-refractivity contribution in [1.82, 2.24) is 15.0 Å². The van der Waals surface area contributed by atoms with E-state index in [9.17, 15) is 19.2 Å². The fraction of sp³-hybridized carbons (Fsp3) is 0.389. The summed E-state index contributed by atoms with van der Waals surface area (Å²) in [6.45, 7) is 5.07. The lowest BCUT2D eigenvalue weighted by atomic mass is 9.89. The minimum absolute atomic E-state index is 0.0586. The average molecular weight is 734 g/mol. The molecule has 0 unspecified atom stereocenters. The number of fused-ring (bicyclic) bond motifs is 3. The van der Waals surface area contributed by atoms with Crippen LogP contribution >= 0.6 is 0 Å². The Labute approximate surface area is 301 Å². The van der Waals surface area contributed by atoms with E-state index in [1.807, 2.05) is 6.07 Å². The van der Waals surface area contributed by atoms with Gasteiger partial charge in [0.15, 0.2) is 47.5 Å². The number of esters is 4. The zero-order valence-electron chi connectivity index (χ0n) is 29.5.